The zero-order chi connectivity index (χ0) is 14.7. The summed E-state index contributed by atoms with van der Waals surface area (Å²) in [7, 11) is 1.70. The number of aromatic amines is 1. The van der Waals surface area contributed by atoms with Crippen LogP contribution in [0.2, 0.25) is 0 Å². The number of benzene rings is 1. The van der Waals surface area contributed by atoms with Crippen molar-refractivity contribution < 1.29 is 9.72 Å². The van der Waals surface area contributed by atoms with Crippen LogP contribution in [0.15, 0.2) is 42.6 Å². The van der Waals surface area contributed by atoms with Crippen LogP contribution in [0.25, 0.3) is 0 Å². The molecular formula is C16H21N4O+. The van der Waals surface area contributed by atoms with E-state index in [2.05, 4.69) is 26.9 Å². The molecule has 110 valence electrons. The number of piperazine rings is 1. The van der Waals surface area contributed by atoms with Gasteiger partial charge in [-0.3, -0.25) is 4.90 Å². The molecule has 0 unspecified atom stereocenters. The molecule has 0 saturated carbocycles. The maximum Gasteiger partial charge on any atom is 0.274 e. The van der Waals surface area contributed by atoms with Gasteiger partial charge in [0.2, 0.25) is 0 Å². The van der Waals surface area contributed by atoms with Gasteiger partial charge in [-0.25, -0.2) is 4.98 Å². The molecule has 2 heterocycles. The van der Waals surface area contributed by atoms with E-state index in [0.717, 1.165) is 43.4 Å². The fourth-order valence-electron chi connectivity index (χ4n) is 2.64. The first-order chi connectivity index (χ1) is 10.3. The van der Waals surface area contributed by atoms with Crippen LogP contribution in [0.3, 0.4) is 0 Å². The number of aromatic nitrogens is 1. The van der Waals surface area contributed by atoms with Gasteiger partial charge in [0.25, 0.3) is 5.82 Å². The summed E-state index contributed by atoms with van der Waals surface area (Å²) in [6, 6.07) is 12.2. The Labute approximate surface area is 125 Å². The molecule has 3 N–H and O–H groups in total. The average Bonchev–Trinajstić information content (AvgIpc) is 2.56. The number of pyridine rings is 1. The van der Waals surface area contributed by atoms with E-state index < -0.39 is 0 Å². The highest BCUT2D eigenvalue weighted by molar-refractivity contribution is 5.52. The highest BCUT2D eigenvalue weighted by Gasteiger charge is 2.23. The second-order valence-corrected chi connectivity index (χ2v) is 5.18. The van der Waals surface area contributed by atoms with Gasteiger partial charge in [0.05, 0.1) is 25.9 Å². The second kappa shape index (κ2) is 5.91. The number of nitrogens with zero attached hydrogens (tertiary/aromatic N) is 2. The van der Waals surface area contributed by atoms with Crippen LogP contribution in [-0.2, 0) is 0 Å². The number of nitrogen functional groups attached to an aromatic ring is 1. The molecule has 3 rings (SSSR count). The van der Waals surface area contributed by atoms with Crippen LogP contribution in [0, 0.1) is 0 Å². The van der Waals surface area contributed by atoms with Gasteiger partial charge in [-0.1, -0.05) is 6.07 Å². The van der Waals surface area contributed by atoms with Crippen molar-refractivity contribution in [2.45, 2.75) is 0 Å². The number of nitrogens with two attached hydrogens (primary N) is 1. The number of ether oxygens (including phenoxy) is 1. The second-order valence-electron chi connectivity index (χ2n) is 5.18. The van der Waals surface area contributed by atoms with Gasteiger partial charge in [0.15, 0.2) is 0 Å². The largest absolute Gasteiger partial charge is 0.497 e. The summed E-state index contributed by atoms with van der Waals surface area (Å²) in [5.74, 6) is 2.02. The minimum atomic E-state index is 0.758. The Morgan fingerprint density at radius 3 is 2.48 bits per heavy atom. The fraction of sp³-hybridized carbons (Fsp3) is 0.312. The van der Waals surface area contributed by atoms with Gasteiger partial charge in [0, 0.05) is 17.8 Å². The molecule has 1 aliphatic heterocycles. The van der Waals surface area contributed by atoms with Crippen molar-refractivity contribution in [1.29, 1.82) is 0 Å². The summed E-state index contributed by atoms with van der Waals surface area (Å²) in [5.41, 5.74) is 7.69. The quantitative estimate of drug-likeness (QED) is 0.926. The Bertz CT molecular complexity index is 591. The molecule has 1 aromatic carbocycles. The number of anilines is 3. The predicted octanol–water partition coefficient (Wildman–Crippen LogP) is 1.42. The zero-order valence-corrected chi connectivity index (χ0v) is 12.2. The summed E-state index contributed by atoms with van der Waals surface area (Å²) in [6.07, 6.45) is 1.84. The molecule has 0 aliphatic carbocycles. The summed E-state index contributed by atoms with van der Waals surface area (Å²) in [5, 5.41) is 0. The average molecular weight is 285 g/mol. The molecule has 1 saturated heterocycles. The van der Waals surface area contributed by atoms with E-state index in [1.54, 1.807) is 7.11 Å². The third-order valence-electron chi connectivity index (χ3n) is 3.86. The highest BCUT2D eigenvalue weighted by Crippen LogP contribution is 2.22. The number of hydrogen-bond acceptors (Lipinski definition) is 4. The topological polar surface area (TPSA) is 55.9 Å². The van der Waals surface area contributed by atoms with E-state index in [1.807, 2.05) is 30.5 Å². The Kier molecular flexibility index (Phi) is 3.81. The number of hydrogen-bond donors (Lipinski definition) is 1. The van der Waals surface area contributed by atoms with Crippen molar-refractivity contribution in [3.05, 3.63) is 42.6 Å². The van der Waals surface area contributed by atoms with Crippen LogP contribution in [0.5, 0.6) is 5.75 Å². The first kappa shape index (κ1) is 13.5. The van der Waals surface area contributed by atoms with Gasteiger partial charge in [-0.15, -0.1) is 0 Å². The molecule has 0 amide bonds. The van der Waals surface area contributed by atoms with Crippen LogP contribution in [-0.4, -0.2) is 33.3 Å². The fourth-order valence-corrected chi connectivity index (χ4v) is 2.64. The molecule has 1 aromatic heterocycles. The molecule has 5 heteroatoms. The molecule has 0 radical (unpaired) electrons. The van der Waals surface area contributed by atoms with Crippen molar-refractivity contribution in [2.75, 3.05) is 48.8 Å². The molecule has 1 fully saturated rings. The normalized spacial score (nSPS) is 15.1. The predicted molar refractivity (Wildman–Crippen MR) is 84.8 cm³/mol. The van der Waals surface area contributed by atoms with Crippen molar-refractivity contribution >= 4 is 17.2 Å². The lowest BCUT2D eigenvalue weighted by Gasteiger charge is -2.32. The number of nitrogens with one attached hydrogen (secondary N) is 1. The Balaban J connectivity index is 1.65. The van der Waals surface area contributed by atoms with Gasteiger partial charge in [0.1, 0.15) is 25.0 Å². The third kappa shape index (κ3) is 3.02. The third-order valence-corrected chi connectivity index (χ3v) is 3.86. The van der Waals surface area contributed by atoms with Gasteiger partial charge in [-0.05, 0) is 18.2 Å². The van der Waals surface area contributed by atoms with Gasteiger partial charge in [-0.2, -0.15) is 0 Å². The van der Waals surface area contributed by atoms with E-state index in [9.17, 15) is 0 Å². The maximum atomic E-state index is 5.71. The van der Waals surface area contributed by atoms with E-state index in [-0.39, 0.29) is 0 Å². The molecule has 1 aliphatic rings. The number of H-pyrrole nitrogens is 1. The molecular weight excluding hydrogens is 264 g/mol. The first-order valence-electron chi connectivity index (χ1n) is 7.17. The highest BCUT2D eigenvalue weighted by atomic mass is 16.5. The lowest BCUT2D eigenvalue weighted by atomic mass is 10.2. The Hall–Kier alpha value is -2.43. The van der Waals surface area contributed by atoms with E-state index in [1.165, 1.54) is 5.69 Å². The number of methoxy groups -OCH3 is 1. The minimum Gasteiger partial charge on any atom is -0.497 e. The molecule has 0 spiro atoms. The summed E-state index contributed by atoms with van der Waals surface area (Å²) >= 11 is 0. The Morgan fingerprint density at radius 2 is 1.81 bits per heavy atom. The molecule has 0 bridgehead atoms. The van der Waals surface area contributed by atoms with E-state index >= 15 is 0 Å². The van der Waals surface area contributed by atoms with Crippen molar-refractivity contribution in [3.63, 3.8) is 0 Å². The van der Waals surface area contributed by atoms with E-state index in [0.29, 0.717) is 0 Å². The SMILES string of the molecule is COc1cccc(N2CCN(c3ccc(N)c[nH+]3)CC2)c1. The zero-order valence-electron chi connectivity index (χ0n) is 12.2. The summed E-state index contributed by atoms with van der Waals surface area (Å²) < 4.78 is 5.29. The molecule has 21 heavy (non-hydrogen) atoms. The lowest BCUT2D eigenvalue weighted by Crippen LogP contribution is -2.48. The lowest BCUT2D eigenvalue weighted by molar-refractivity contribution is -0.363. The van der Waals surface area contributed by atoms with Crippen molar-refractivity contribution in [2.24, 2.45) is 0 Å². The summed E-state index contributed by atoms with van der Waals surface area (Å²) in [6.45, 7) is 3.95. The van der Waals surface area contributed by atoms with Gasteiger partial charge >= 0.3 is 0 Å². The van der Waals surface area contributed by atoms with Crippen molar-refractivity contribution in [1.82, 2.24) is 0 Å². The van der Waals surface area contributed by atoms with E-state index in [4.69, 9.17) is 10.5 Å². The first-order valence-corrected chi connectivity index (χ1v) is 7.17. The van der Waals surface area contributed by atoms with Gasteiger partial charge < -0.3 is 15.4 Å². The van der Waals surface area contributed by atoms with Crippen LogP contribution >= 0.6 is 0 Å². The van der Waals surface area contributed by atoms with Crippen LogP contribution < -0.4 is 25.3 Å². The number of rotatable bonds is 3. The molecule has 0 atom stereocenters. The van der Waals surface area contributed by atoms with Crippen LogP contribution in [0.1, 0.15) is 0 Å². The summed E-state index contributed by atoms with van der Waals surface area (Å²) in [4.78, 5) is 7.97. The molecule has 5 nitrogen and oxygen atoms in total. The Morgan fingerprint density at radius 1 is 1.05 bits per heavy atom. The minimum absolute atomic E-state index is 0.758. The van der Waals surface area contributed by atoms with Crippen molar-refractivity contribution in [3.8, 4) is 5.75 Å². The maximum absolute atomic E-state index is 5.71. The standard InChI is InChI=1S/C16H20N4O/c1-21-15-4-2-3-14(11-15)19-7-9-20(10-8-19)16-6-5-13(17)12-18-16/h2-6,11-12H,7-10,17H2,1H3/p+1. The van der Waals surface area contributed by atoms with Crippen LogP contribution in [0.4, 0.5) is 17.2 Å². The monoisotopic (exact) mass is 285 g/mol. The molecule has 2 aromatic rings. The smallest absolute Gasteiger partial charge is 0.274 e.